The van der Waals surface area contributed by atoms with Gasteiger partial charge >= 0.3 is 5.97 Å². The first-order valence-corrected chi connectivity index (χ1v) is 40.1. The number of rotatable bonds is 76. The molecule has 0 aromatic carbocycles. The van der Waals surface area contributed by atoms with Gasteiger partial charge in [-0.05, 0) is 57.8 Å². The number of esters is 1. The van der Waals surface area contributed by atoms with Gasteiger partial charge in [0.25, 0.3) is 0 Å². The van der Waals surface area contributed by atoms with Crippen LogP contribution in [0, 0.1) is 0 Å². The zero-order valence-electron chi connectivity index (χ0n) is 59.3. The van der Waals surface area contributed by atoms with E-state index in [1.807, 2.05) is 6.08 Å². The molecular weight excluding hydrogens is 1070 g/mol. The first-order chi connectivity index (χ1) is 43.0. The maximum atomic E-state index is 12.5. The van der Waals surface area contributed by atoms with E-state index in [9.17, 15) is 19.8 Å². The van der Waals surface area contributed by atoms with Gasteiger partial charge in [-0.1, -0.05) is 411 Å². The summed E-state index contributed by atoms with van der Waals surface area (Å²) in [5.74, 6) is -0.0368. The van der Waals surface area contributed by atoms with Crippen molar-refractivity contribution in [3.8, 4) is 0 Å². The molecule has 87 heavy (non-hydrogen) atoms. The van der Waals surface area contributed by atoms with E-state index >= 15 is 0 Å². The number of allylic oxidation sites excluding steroid dienone is 3. The maximum Gasteiger partial charge on any atom is 0.305 e. The Morgan fingerprint density at radius 1 is 0.310 bits per heavy atom. The Morgan fingerprint density at radius 2 is 0.540 bits per heavy atom. The smallest absolute Gasteiger partial charge is 0.305 e. The molecule has 3 N–H and O–H groups in total. The second-order valence-corrected chi connectivity index (χ2v) is 27.8. The quantitative estimate of drug-likeness (QED) is 0.0320. The van der Waals surface area contributed by atoms with E-state index in [-0.39, 0.29) is 18.5 Å². The molecule has 2 atom stereocenters. The number of aliphatic hydroxyl groups excluding tert-OH is 2. The van der Waals surface area contributed by atoms with Crippen LogP contribution >= 0.6 is 0 Å². The van der Waals surface area contributed by atoms with E-state index in [0.717, 1.165) is 38.5 Å². The average molecular weight is 1230 g/mol. The molecule has 0 aliphatic heterocycles. The minimum atomic E-state index is -0.843. The van der Waals surface area contributed by atoms with E-state index in [0.29, 0.717) is 19.4 Å². The van der Waals surface area contributed by atoms with Crippen molar-refractivity contribution in [1.29, 1.82) is 0 Å². The van der Waals surface area contributed by atoms with Gasteiger partial charge in [-0.25, -0.2) is 0 Å². The molecule has 0 aliphatic rings. The van der Waals surface area contributed by atoms with Gasteiger partial charge in [-0.3, -0.25) is 9.59 Å². The van der Waals surface area contributed by atoms with Gasteiger partial charge in [0, 0.05) is 12.8 Å². The summed E-state index contributed by atoms with van der Waals surface area (Å²) < 4.78 is 5.50. The van der Waals surface area contributed by atoms with Gasteiger partial charge in [0.1, 0.15) is 0 Å². The van der Waals surface area contributed by atoms with Crippen LogP contribution in [0.5, 0.6) is 0 Å². The molecule has 6 heteroatoms. The number of unbranched alkanes of at least 4 members (excludes halogenated alkanes) is 63. The normalized spacial score (nSPS) is 12.6. The summed E-state index contributed by atoms with van der Waals surface area (Å²) in [6.45, 7) is 4.96. The molecule has 0 rings (SSSR count). The van der Waals surface area contributed by atoms with Crippen molar-refractivity contribution in [3.05, 3.63) is 24.3 Å². The summed E-state index contributed by atoms with van der Waals surface area (Å²) >= 11 is 0. The molecule has 0 aliphatic carbocycles. The molecular formula is C81H157NO5. The highest BCUT2D eigenvalue weighted by Crippen LogP contribution is 2.20. The predicted octanol–water partition coefficient (Wildman–Crippen LogP) is 26.4. The van der Waals surface area contributed by atoms with Crippen molar-refractivity contribution in [1.82, 2.24) is 5.32 Å². The van der Waals surface area contributed by atoms with Crippen LogP contribution in [0.3, 0.4) is 0 Å². The van der Waals surface area contributed by atoms with Crippen LogP contribution in [-0.2, 0) is 14.3 Å². The number of hydrogen-bond acceptors (Lipinski definition) is 5. The fourth-order valence-corrected chi connectivity index (χ4v) is 12.9. The first-order valence-electron chi connectivity index (χ1n) is 40.1. The first kappa shape index (κ1) is 85.3. The lowest BCUT2D eigenvalue weighted by atomic mass is 10.0. The number of nitrogens with one attached hydrogen (secondary N) is 1. The standard InChI is InChI=1S/C81H157NO5/c1-3-5-7-9-11-13-15-17-18-19-20-21-37-40-43-46-50-53-57-61-65-69-73-79(84)78(77-83)82-80(85)74-70-66-62-58-54-51-47-44-41-38-35-33-31-29-27-25-23-22-24-26-28-30-32-34-36-39-42-45-48-52-56-60-64-68-72-76-87-81(86)75-71-67-63-59-55-49-16-14-12-10-8-6-4-2/h24,26,69,73,78-79,83-84H,3-23,25,27-68,70-72,74-77H2,1-2H3,(H,82,85)/b26-24-,73-69+. The fraction of sp³-hybridized carbons (Fsp3) is 0.926. The lowest BCUT2D eigenvalue weighted by Gasteiger charge is -2.20. The molecule has 2 unspecified atom stereocenters. The lowest BCUT2D eigenvalue weighted by Crippen LogP contribution is -2.45. The van der Waals surface area contributed by atoms with E-state index in [4.69, 9.17) is 4.74 Å². The van der Waals surface area contributed by atoms with Crippen LogP contribution in [0.1, 0.15) is 457 Å². The van der Waals surface area contributed by atoms with Gasteiger partial charge in [0.2, 0.25) is 5.91 Å². The molecule has 0 heterocycles. The SMILES string of the molecule is CCCCCCCCCCCCCCCCCCCCCC/C=C/C(O)C(CO)NC(=O)CCCCCCCCCCCCCCCCCCC/C=C\CCCCCCCCCCCCCCCCOC(=O)CCCCCCCCCCCCCCC. The van der Waals surface area contributed by atoms with Gasteiger partial charge < -0.3 is 20.3 Å². The molecule has 0 radical (unpaired) electrons. The van der Waals surface area contributed by atoms with Crippen molar-refractivity contribution in [2.45, 2.75) is 469 Å². The van der Waals surface area contributed by atoms with Gasteiger partial charge in [0.05, 0.1) is 25.4 Å². The largest absolute Gasteiger partial charge is 0.466 e. The maximum absolute atomic E-state index is 12.5. The fourth-order valence-electron chi connectivity index (χ4n) is 12.9. The number of carbonyl (C=O) groups is 2. The third kappa shape index (κ3) is 73.3. The zero-order valence-corrected chi connectivity index (χ0v) is 59.3. The number of ether oxygens (including phenoxy) is 1. The molecule has 516 valence electrons. The molecule has 6 nitrogen and oxygen atoms in total. The highest BCUT2D eigenvalue weighted by molar-refractivity contribution is 5.76. The Hall–Kier alpha value is -1.66. The Balaban J connectivity index is 3.36. The highest BCUT2D eigenvalue weighted by atomic mass is 16.5. The molecule has 0 spiro atoms. The number of aliphatic hydroxyl groups is 2. The monoisotopic (exact) mass is 1220 g/mol. The van der Waals surface area contributed by atoms with Crippen molar-refractivity contribution in [2.75, 3.05) is 13.2 Å². The van der Waals surface area contributed by atoms with Crippen LogP contribution in [0.2, 0.25) is 0 Å². The highest BCUT2D eigenvalue weighted by Gasteiger charge is 2.18. The molecule has 0 saturated heterocycles. The van der Waals surface area contributed by atoms with E-state index in [1.165, 1.54) is 392 Å². The third-order valence-corrected chi connectivity index (χ3v) is 19.0. The molecule has 0 saturated carbocycles. The van der Waals surface area contributed by atoms with Gasteiger partial charge in [0.15, 0.2) is 0 Å². The second-order valence-electron chi connectivity index (χ2n) is 27.8. The van der Waals surface area contributed by atoms with Gasteiger partial charge in [-0.2, -0.15) is 0 Å². The minimum absolute atomic E-state index is 0.0225. The Labute approximate surface area is 545 Å². The van der Waals surface area contributed by atoms with Crippen LogP contribution in [0.25, 0.3) is 0 Å². The van der Waals surface area contributed by atoms with Crippen LogP contribution in [0.4, 0.5) is 0 Å². The van der Waals surface area contributed by atoms with Crippen LogP contribution in [0.15, 0.2) is 24.3 Å². The number of hydrogen-bond donors (Lipinski definition) is 3. The summed E-state index contributed by atoms with van der Waals surface area (Å²) in [6.07, 6.45) is 98.8. The molecule has 0 aromatic rings. The summed E-state index contributed by atoms with van der Waals surface area (Å²) in [5, 5.41) is 23.3. The van der Waals surface area contributed by atoms with Crippen molar-refractivity contribution < 1.29 is 24.5 Å². The predicted molar refractivity (Wildman–Crippen MR) is 384 cm³/mol. The zero-order chi connectivity index (χ0) is 62.8. The van der Waals surface area contributed by atoms with E-state index in [1.54, 1.807) is 6.08 Å². The summed E-state index contributed by atoms with van der Waals surface area (Å²) in [5.41, 5.74) is 0. The van der Waals surface area contributed by atoms with E-state index < -0.39 is 12.1 Å². The van der Waals surface area contributed by atoms with E-state index in [2.05, 4.69) is 31.3 Å². The lowest BCUT2D eigenvalue weighted by molar-refractivity contribution is -0.143. The number of amides is 1. The molecule has 1 amide bonds. The van der Waals surface area contributed by atoms with Crippen molar-refractivity contribution in [3.63, 3.8) is 0 Å². The summed E-state index contributed by atoms with van der Waals surface area (Å²) in [7, 11) is 0. The van der Waals surface area contributed by atoms with Crippen LogP contribution in [-0.4, -0.2) is 47.4 Å². The van der Waals surface area contributed by atoms with Crippen LogP contribution < -0.4 is 5.32 Å². The molecule has 0 fully saturated rings. The summed E-state index contributed by atoms with van der Waals surface area (Å²) in [4.78, 5) is 24.6. The van der Waals surface area contributed by atoms with Gasteiger partial charge in [-0.15, -0.1) is 0 Å². The Morgan fingerprint density at radius 3 is 0.816 bits per heavy atom. The second kappa shape index (κ2) is 76.8. The van der Waals surface area contributed by atoms with Crippen molar-refractivity contribution >= 4 is 11.9 Å². The topological polar surface area (TPSA) is 95.9 Å². The average Bonchev–Trinajstić information content (AvgIpc) is 3.57. The summed E-state index contributed by atoms with van der Waals surface area (Å²) in [6, 6.07) is -0.626. The third-order valence-electron chi connectivity index (χ3n) is 19.0. The minimum Gasteiger partial charge on any atom is -0.466 e. The molecule has 0 aromatic heterocycles. The molecule has 0 bridgehead atoms. The number of carbonyl (C=O) groups excluding carboxylic acids is 2. The van der Waals surface area contributed by atoms with Crippen molar-refractivity contribution in [2.24, 2.45) is 0 Å². The Kier molecular flexibility index (Phi) is 75.3. The Bertz CT molecular complexity index is 1360.